The number of benzene rings is 2. The maximum absolute atomic E-state index is 12.7. The summed E-state index contributed by atoms with van der Waals surface area (Å²) in [6.07, 6.45) is 3.06. The number of hydrogen-bond donors (Lipinski definition) is 0. The van der Waals surface area contributed by atoms with Crippen LogP contribution in [0.5, 0.6) is 5.75 Å². The molecule has 0 bridgehead atoms. The van der Waals surface area contributed by atoms with E-state index in [1.165, 1.54) is 11.0 Å². The molecule has 0 aliphatic heterocycles. The summed E-state index contributed by atoms with van der Waals surface area (Å²) < 4.78 is 7.01. The van der Waals surface area contributed by atoms with Crippen LogP contribution in [-0.2, 0) is 4.79 Å². The minimum Gasteiger partial charge on any atom is -0.484 e. The van der Waals surface area contributed by atoms with Gasteiger partial charge in [-0.2, -0.15) is 5.10 Å². The summed E-state index contributed by atoms with van der Waals surface area (Å²) in [7, 11) is 3.30. The Kier molecular flexibility index (Phi) is 7.15. The van der Waals surface area contributed by atoms with E-state index in [2.05, 4.69) is 5.10 Å². The second-order valence-electron chi connectivity index (χ2n) is 6.96. The molecule has 0 aliphatic carbocycles. The van der Waals surface area contributed by atoms with Gasteiger partial charge in [-0.05, 0) is 43.3 Å². The highest BCUT2D eigenvalue weighted by molar-refractivity contribution is 6.33. The molecule has 1 heterocycles. The van der Waals surface area contributed by atoms with E-state index < -0.39 is 0 Å². The minimum atomic E-state index is -0.231. The van der Waals surface area contributed by atoms with Crippen molar-refractivity contribution >= 4 is 41.0 Å². The van der Waals surface area contributed by atoms with Crippen LogP contribution >= 0.6 is 23.2 Å². The van der Waals surface area contributed by atoms with E-state index in [0.717, 1.165) is 0 Å². The van der Waals surface area contributed by atoms with Crippen LogP contribution < -0.4 is 4.74 Å². The van der Waals surface area contributed by atoms with Gasteiger partial charge in [0.05, 0.1) is 16.4 Å². The van der Waals surface area contributed by atoms with Gasteiger partial charge in [-0.15, -0.1) is 0 Å². The number of nitrogens with zero attached hydrogens (tertiary/aromatic N) is 3. The summed E-state index contributed by atoms with van der Waals surface area (Å²) in [5, 5.41) is 5.32. The van der Waals surface area contributed by atoms with Gasteiger partial charge in [0.25, 0.3) is 5.91 Å². The topological polar surface area (TPSA) is 64.4 Å². The van der Waals surface area contributed by atoms with Crippen molar-refractivity contribution in [3.8, 4) is 11.4 Å². The number of likely N-dealkylation sites (N-methyl/N-ethyl adjacent to an activating group) is 1. The molecule has 2 aromatic carbocycles. The molecular weight excluding hydrogens is 437 g/mol. The van der Waals surface area contributed by atoms with Crippen LogP contribution in [0, 0.1) is 6.92 Å². The zero-order valence-electron chi connectivity index (χ0n) is 17.3. The first-order valence-electron chi connectivity index (χ1n) is 9.43. The Morgan fingerprint density at radius 3 is 2.58 bits per heavy atom. The fraction of sp³-hybridized carbons (Fsp3) is 0.174. The van der Waals surface area contributed by atoms with E-state index in [4.69, 9.17) is 27.9 Å². The fourth-order valence-corrected chi connectivity index (χ4v) is 3.30. The van der Waals surface area contributed by atoms with Crippen LogP contribution in [0.25, 0.3) is 11.8 Å². The molecule has 8 heteroatoms. The number of aryl methyl sites for hydroxylation is 1. The van der Waals surface area contributed by atoms with Gasteiger partial charge in [-0.25, -0.2) is 4.68 Å². The standard InChI is InChI=1S/C23H21Cl2N3O3/c1-15-18(23(25)28(26-15)20-10-5-4-9-19(20)24)11-12-21(29)16-7-6-8-17(13-16)31-14-22(30)27(2)3/h4-13H,14H2,1-3H3. The Bertz CT molecular complexity index is 1150. The number of carbonyl (C=O) groups is 2. The van der Waals surface area contributed by atoms with Gasteiger partial charge in [0.15, 0.2) is 12.4 Å². The van der Waals surface area contributed by atoms with Crippen LogP contribution in [-0.4, -0.2) is 47.1 Å². The third-order valence-corrected chi connectivity index (χ3v) is 5.19. The maximum Gasteiger partial charge on any atom is 0.259 e. The number of para-hydroxylation sites is 1. The monoisotopic (exact) mass is 457 g/mol. The average Bonchev–Trinajstić information content (AvgIpc) is 3.04. The number of ether oxygens (including phenoxy) is 1. The van der Waals surface area contributed by atoms with Crippen molar-refractivity contribution in [2.24, 2.45) is 0 Å². The molecule has 0 saturated carbocycles. The van der Waals surface area contributed by atoms with E-state index in [9.17, 15) is 9.59 Å². The number of carbonyl (C=O) groups excluding carboxylic acids is 2. The lowest BCUT2D eigenvalue weighted by Gasteiger charge is -2.11. The van der Waals surface area contributed by atoms with E-state index >= 15 is 0 Å². The molecule has 0 atom stereocenters. The molecule has 3 aromatic rings. The summed E-state index contributed by atoms with van der Waals surface area (Å²) in [6.45, 7) is 1.70. The van der Waals surface area contributed by atoms with Gasteiger partial charge in [0.1, 0.15) is 10.9 Å². The first-order valence-corrected chi connectivity index (χ1v) is 10.2. The number of aromatic nitrogens is 2. The van der Waals surface area contributed by atoms with Crippen molar-refractivity contribution < 1.29 is 14.3 Å². The van der Waals surface area contributed by atoms with E-state index in [0.29, 0.717) is 38.4 Å². The number of hydrogen-bond acceptors (Lipinski definition) is 4. The summed E-state index contributed by atoms with van der Waals surface area (Å²) >= 11 is 12.8. The molecule has 6 nitrogen and oxygen atoms in total. The summed E-state index contributed by atoms with van der Waals surface area (Å²) in [4.78, 5) is 25.8. The zero-order chi connectivity index (χ0) is 22.5. The molecule has 0 N–H and O–H groups in total. The lowest BCUT2D eigenvalue weighted by atomic mass is 10.1. The minimum absolute atomic E-state index is 0.101. The van der Waals surface area contributed by atoms with Crippen molar-refractivity contribution in [1.82, 2.24) is 14.7 Å². The van der Waals surface area contributed by atoms with Crippen LogP contribution in [0.2, 0.25) is 10.2 Å². The number of halogens is 2. The zero-order valence-corrected chi connectivity index (χ0v) is 18.8. The smallest absolute Gasteiger partial charge is 0.259 e. The van der Waals surface area contributed by atoms with E-state index in [1.807, 2.05) is 18.2 Å². The van der Waals surface area contributed by atoms with Gasteiger partial charge >= 0.3 is 0 Å². The molecule has 0 saturated heterocycles. The van der Waals surface area contributed by atoms with Gasteiger partial charge in [0, 0.05) is 25.2 Å². The van der Waals surface area contributed by atoms with Crippen molar-refractivity contribution in [3.63, 3.8) is 0 Å². The highest BCUT2D eigenvalue weighted by Gasteiger charge is 2.15. The SMILES string of the molecule is Cc1nn(-c2ccccc2Cl)c(Cl)c1C=CC(=O)c1cccc(OCC(=O)N(C)C)c1. The second-order valence-corrected chi connectivity index (χ2v) is 7.72. The van der Waals surface area contributed by atoms with Crippen molar-refractivity contribution in [2.75, 3.05) is 20.7 Å². The Labute approximate surface area is 190 Å². The summed E-state index contributed by atoms with van der Waals surface area (Å²) in [5.74, 6) is 0.0397. The number of allylic oxidation sites excluding steroid dienone is 1. The molecule has 31 heavy (non-hydrogen) atoms. The predicted molar refractivity (Wildman–Crippen MR) is 122 cm³/mol. The Morgan fingerprint density at radius 2 is 1.87 bits per heavy atom. The number of amides is 1. The predicted octanol–water partition coefficient (Wildman–Crippen LogP) is 4.85. The Hall–Kier alpha value is -3.09. The van der Waals surface area contributed by atoms with Crippen LogP contribution in [0.3, 0.4) is 0 Å². The normalized spacial score (nSPS) is 11.0. The fourth-order valence-electron chi connectivity index (χ4n) is 2.75. The lowest BCUT2D eigenvalue weighted by molar-refractivity contribution is -0.130. The highest BCUT2D eigenvalue weighted by Crippen LogP contribution is 2.28. The third kappa shape index (κ3) is 5.34. The largest absolute Gasteiger partial charge is 0.484 e. The molecule has 0 aliphatic rings. The van der Waals surface area contributed by atoms with Crippen molar-refractivity contribution in [1.29, 1.82) is 0 Å². The van der Waals surface area contributed by atoms with Crippen molar-refractivity contribution in [2.45, 2.75) is 6.92 Å². The number of rotatable bonds is 7. The van der Waals surface area contributed by atoms with E-state index in [-0.39, 0.29) is 18.3 Å². The van der Waals surface area contributed by atoms with Crippen LogP contribution in [0.15, 0.2) is 54.6 Å². The van der Waals surface area contributed by atoms with E-state index in [1.54, 1.807) is 62.1 Å². The van der Waals surface area contributed by atoms with Crippen LogP contribution in [0.1, 0.15) is 21.6 Å². The number of ketones is 1. The van der Waals surface area contributed by atoms with Crippen molar-refractivity contribution in [3.05, 3.63) is 81.6 Å². The maximum atomic E-state index is 12.7. The molecule has 160 valence electrons. The molecular formula is C23H21Cl2N3O3. The molecule has 3 rings (SSSR count). The Balaban J connectivity index is 1.79. The average molecular weight is 458 g/mol. The quantitative estimate of drug-likeness (QED) is 0.375. The molecule has 0 fully saturated rings. The molecule has 1 amide bonds. The van der Waals surface area contributed by atoms with Gasteiger partial charge in [0.2, 0.25) is 0 Å². The Morgan fingerprint density at radius 1 is 1.13 bits per heavy atom. The first kappa shape index (κ1) is 22.6. The first-order chi connectivity index (χ1) is 14.8. The summed E-state index contributed by atoms with van der Waals surface area (Å²) in [6, 6.07) is 13.9. The van der Waals surface area contributed by atoms with Gasteiger partial charge < -0.3 is 9.64 Å². The molecule has 0 radical (unpaired) electrons. The lowest BCUT2D eigenvalue weighted by Crippen LogP contribution is -2.27. The molecule has 0 unspecified atom stereocenters. The van der Waals surface area contributed by atoms with Crippen LogP contribution in [0.4, 0.5) is 0 Å². The summed E-state index contributed by atoms with van der Waals surface area (Å²) in [5.41, 5.74) is 2.37. The molecule has 0 spiro atoms. The molecule has 1 aromatic heterocycles. The van der Waals surface area contributed by atoms with Gasteiger partial charge in [-0.3, -0.25) is 9.59 Å². The van der Waals surface area contributed by atoms with Gasteiger partial charge in [-0.1, -0.05) is 47.5 Å². The highest BCUT2D eigenvalue weighted by atomic mass is 35.5. The second kappa shape index (κ2) is 9.81. The third-order valence-electron chi connectivity index (χ3n) is 4.51.